The Bertz CT molecular complexity index is 523. The van der Waals surface area contributed by atoms with Gasteiger partial charge in [0.2, 0.25) is 0 Å². The predicted molar refractivity (Wildman–Crippen MR) is 62.1 cm³/mol. The summed E-state index contributed by atoms with van der Waals surface area (Å²) in [5.41, 5.74) is -0.656. The van der Waals surface area contributed by atoms with Gasteiger partial charge >= 0.3 is 6.03 Å². The van der Waals surface area contributed by atoms with Crippen LogP contribution in [0.2, 0.25) is 0 Å². The minimum Gasteiger partial charge on any atom is -0.318 e. The molecule has 1 aliphatic rings. The lowest BCUT2D eigenvalue weighted by Crippen LogP contribution is -2.41. The largest absolute Gasteiger partial charge is 0.325 e. The molecule has 1 unspecified atom stereocenters. The lowest BCUT2D eigenvalue weighted by atomic mass is 9.97. The summed E-state index contributed by atoms with van der Waals surface area (Å²) in [7, 11) is 0. The smallest absolute Gasteiger partial charge is 0.318 e. The van der Waals surface area contributed by atoms with Gasteiger partial charge in [0.05, 0.1) is 18.2 Å². The molecule has 92 valence electrons. The number of urea groups is 1. The van der Waals surface area contributed by atoms with Gasteiger partial charge in [0.15, 0.2) is 5.54 Å². The van der Waals surface area contributed by atoms with E-state index < -0.39 is 11.6 Å². The van der Waals surface area contributed by atoms with Crippen LogP contribution in [0.15, 0.2) is 24.4 Å². The number of carbonyl (C=O) groups excluding carboxylic acids is 2. The highest BCUT2D eigenvalue weighted by atomic mass is 16.2. The maximum Gasteiger partial charge on any atom is 0.325 e. The monoisotopic (exact) mass is 244 g/mol. The van der Waals surface area contributed by atoms with Gasteiger partial charge in [-0.25, -0.2) is 4.79 Å². The van der Waals surface area contributed by atoms with Crippen molar-refractivity contribution in [3.05, 3.63) is 30.1 Å². The lowest BCUT2D eigenvalue weighted by Gasteiger charge is -2.20. The Morgan fingerprint density at radius 1 is 1.50 bits per heavy atom. The molecule has 0 bridgehead atoms. The van der Waals surface area contributed by atoms with Crippen molar-refractivity contribution in [1.29, 1.82) is 5.26 Å². The van der Waals surface area contributed by atoms with Crippen molar-refractivity contribution in [3.8, 4) is 6.07 Å². The van der Waals surface area contributed by atoms with Gasteiger partial charge in [-0.3, -0.25) is 14.7 Å². The molecule has 0 aliphatic carbocycles. The Morgan fingerprint density at radius 2 is 2.28 bits per heavy atom. The highest BCUT2D eigenvalue weighted by Crippen LogP contribution is 2.26. The zero-order valence-electron chi connectivity index (χ0n) is 9.88. The van der Waals surface area contributed by atoms with Crippen LogP contribution in [0, 0.1) is 11.3 Å². The Hall–Kier alpha value is -2.42. The number of amides is 3. The van der Waals surface area contributed by atoms with E-state index in [-0.39, 0.29) is 18.9 Å². The number of hydrogen-bond acceptors (Lipinski definition) is 4. The molecule has 1 aromatic rings. The molecular weight excluding hydrogens is 232 g/mol. The Balaban J connectivity index is 2.30. The van der Waals surface area contributed by atoms with E-state index in [1.807, 2.05) is 6.07 Å². The summed E-state index contributed by atoms with van der Waals surface area (Å²) in [5.74, 6) is -0.374. The summed E-state index contributed by atoms with van der Waals surface area (Å²) in [6.45, 7) is 1.71. The number of imide groups is 1. The molecule has 3 amide bonds. The lowest BCUT2D eigenvalue weighted by molar-refractivity contribution is -0.131. The number of nitriles is 1. The van der Waals surface area contributed by atoms with Gasteiger partial charge in [-0.15, -0.1) is 0 Å². The van der Waals surface area contributed by atoms with E-state index in [2.05, 4.69) is 10.3 Å². The van der Waals surface area contributed by atoms with Gasteiger partial charge < -0.3 is 5.32 Å². The molecule has 1 aromatic heterocycles. The zero-order chi connectivity index (χ0) is 13.2. The second-order valence-corrected chi connectivity index (χ2v) is 4.14. The summed E-state index contributed by atoms with van der Waals surface area (Å²) < 4.78 is 0. The Labute approximate surface area is 104 Å². The van der Waals surface area contributed by atoms with Crippen LogP contribution in [0.25, 0.3) is 0 Å². The number of hydrogen-bond donors (Lipinski definition) is 1. The molecule has 6 nitrogen and oxygen atoms in total. The molecule has 1 atom stereocenters. The highest BCUT2D eigenvalue weighted by molar-refractivity contribution is 6.06. The van der Waals surface area contributed by atoms with Crippen molar-refractivity contribution in [3.63, 3.8) is 0 Å². The highest BCUT2D eigenvalue weighted by Gasteiger charge is 2.49. The van der Waals surface area contributed by atoms with Gasteiger partial charge in [-0.1, -0.05) is 6.07 Å². The molecule has 0 spiro atoms. The Kier molecular flexibility index (Phi) is 2.98. The van der Waals surface area contributed by atoms with Gasteiger partial charge in [0.25, 0.3) is 5.91 Å². The summed E-state index contributed by atoms with van der Waals surface area (Å²) in [6.07, 6.45) is 1.69. The van der Waals surface area contributed by atoms with Crippen molar-refractivity contribution >= 4 is 11.9 Å². The molecule has 1 N–H and O–H groups in total. The van der Waals surface area contributed by atoms with E-state index in [1.165, 1.54) is 0 Å². The number of rotatable bonds is 3. The van der Waals surface area contributed by atoms with Crippen molar-refractivity contribution in [2.45, 2.75) is 18.9 Å². The number of nitrogens with one attached hydrogen (secondary N) is 1. The van der Waals surface area contributed by atoms with Crippen LogP contribution in [-0.4, -0.2) is 28.4 Å². The Morgan fingerprint density at radius 3 is 2.89 bits per heavy atom. The van der Waals surface area contributed by atoms with Crippen LogP contribution in [0.4, 0.5) is 4.79 Å². The molecule has 1 fully saturated rings. The third-order valence-electron chi connectivity index (χ3n) is 2.90. The van der Waals surface area contributed by atoms with Gasteiger partial charge in [-0.2, -0.15) is 5.26 Å². The van der Waals surface area contributed by atoms with E-state index in [0.29, 0.717) is 5.69 Å². The van der Waals surface area contributed by atoms with Crippen LogP contribution >= 0.6 is 0 Å². The molecule has 2 rings (SSSR count). The topological polar surface area (TPSA) is 86.1 Å². The molecule has 1 aliphatic heterocycles. The average Bonchev–Trinajstić information content (AvgIpc) is 2.60. The molecule has 2 heterocycles. The van der Waals surface area contributed by atoms with E-state index in [4.69, 9.17) is 5.26 Å². The molecule has 1 saturated heterocycles. The van der Waals surface area contributed by atoms with Crippen LogP contribution in [0.1, 0.15) is 19.0 Å². The average molecular weight is 244 g/mol. The fourth-order valence-electron chi connectivity index (χ4n) is 1.89. The van der Waals surface area contributed by atoms with Crippen molar-refractivity contribution in [2.75, 3.05) is 6.54 Å². The first-order valence-corrected chi connectivity index (χ1v) is 5.52. The number of carbonyl (C=O) groups is 2. The van der Waals surface area contributed by atoms with Crippen molar-refractivity contribution in [1.82, 2.24) is 15.2 Å². The van der Waals surface area contributed by atoms with E-state index in [1.54, 1.807) is 31.3 Å². The fourth-order valence-corrected chi connectivity index (χ4v) is 1.89. The molecule has 0 saturated carbocycles. The van der Waals surface area contributed by atoms with Gasteiger partial charge in [-0.05, 0) is 19.1 Å². The maximum atomic E-state index is 12.2. The molecule has 0 radical (unpaired) electrons. The zero-order valence-corrected chi connectivity index (χ0v) is 9.88. The molecule has 0 aromatic carbocycles. The third kappa shape index (κ3) is 1.80. The second kappa shape index (κ2) is 4.45. The molecule has 6 heteroatoms. The van der Waals surface area contributed by atoms with Crippen LogP contribution in [0.3, 0.4) is 0 Å². The minimum atomic E-state index is -1.15. The summed E-state index contributed by atoms with van der Waals surface area (Å²) in [4.78, 5) is 29.1. The van der Waals surface area contributed by atoms with Crippen LogP contribution in [0.5, 0.6) is 0 Å². The SMILES string of the molecule is CC1(c2ccccn2)NC(=O)N(CCC#N)C1=O. The summed E-state index contributed by atoms with van der Waals surface area (Å²) in [5, 5.41) is 11.1. The summed E-state index contributed by atoms with van der Waals surface area (Å²) >= 11 is 0. The first-order chi connectivity index (χ1) is 8.59. The number of nitrogens with zero attached hydrogens (tertiary/aromatic N) is 3. The van der Waals surface area contributed by atoms with E-state index >= 15 is 0 Å². The van der Waals surface area contributed by atoms with Gasteiger partial charge in [0.1, 0.15) is 0 Å². The van der Waals surface area contributed by atoms with Crippen LogP contribution in [-0.2, 0) is 10.3 Å². The normalized spacial score (nSPS) is 22.8. The number of pyridine rings is 1. The number of aromatic nitrogens is 1. The quantitative estimate of drug-likeness (QED) is 0.795. The van der Waals surface area contributed by atoms with Gasteiger partial charge in [0, 0.05) is 12.7 Å². The van der Waals surface area contributed by atoms with Crippen LogP contribution < -0.4 is 5.32 Å². The van der Waals surface area contributed by atoms with E-state index in [9.17, 15) is 9.59 Å². The fraction of sp³-hybridized carbons (Fsp3) is 0.333. The summed E-state index contributed by atoms with van der Waals surface area (Å²) in [6, 6.07) is 6.61. The van der Waals surface area contributed by atoms with E-state index in [0.717, 1.165) is 4.90 Å². The standard InChI is InChI=1S/C12H12N4O2/c1-12(9-5-2-3-7-14-9)10(17)16(8-4-6-13)11(18)15-12/h2-3,5,7H,4,8H2,1H3,(H,15,18). The van der Waals surface area contributed by atoms with Crippen molar-refractivity contribution < 1.29 is 9.59 Å². The molecular formula is C12H12N4O2. The maximum absolute atomic E-state index is 12.2. The second-order valence-electron chi connectivity index (χ2n) is 4.14. The molecule has 18 heavy (non-hydrogen) atoms. The minimum absolute atomic E-state index is 0.101. The first-order valence-electron chi connectivity index (χ1n) is 5.52. The first kappa shape index (κ1) is 12.0. The predicted octanol–water partition coefficient (Wildman–Crippen LogP) is 0.762. The third-order valence-corrected chi connectivity index (χ3v) is 2.90. The van der Waals surface area contributed by atoms with Crippen molar-refractivity contribution in [2.24, 2.45) is 0 Å².